The molecule has 104 valence electrons. The van der Waals surface area contributed by atoms with E-state index in [0.29, 0.717) is 5.57 Å². The lowest BCUT2D eigenvalue weighted by atomic mass is 10.2. The molecule has 5 heteroatoms. The van der Waals surface area contributed by atoms with Crippen LogP contribution in [0.15, 0.2) is 11.6 Å². The van der Waals surface area contributed by atoms with Crippen molar-refractivity contribution in [3.8, 4) is 0 Å². The van der Waals surface area contributed by atoms with Gasteiger partial charge in [0.2, 0.25) is 5.91 Å². The van der Waals surface area contributed by atoms with Gasteiger partial charge in [0.15, 0.2) is 0 Å². The molecule has 1 fully saturated rings. The van der Waals surface area contributed by atoms with Gasteiger partial charge in [-0.2, -0.15) is 0 Å². The quantitative estimate of drug-likeness (QED) is 0.693. The maximum atomic E-state index is 12.3. The van der Waals surface area contributed by atoms with E-state index in [1.165, 1.54) is 6.26 Å². The molecule has 0 aromatic heterocycles. The number of hydrogen-bond acceptors (Lipinski definition) is 3. The van der Waals surface area contributed by atoms with Crippen molar-refractivity contribution in [1.82, 2.24) is 4.90 Å². The smallest absolute Gasteiger partial charge is 0.249 e. The van der Waals surface area contributed by atoms with Crippen molar-refractivity contribution in [2.75, 3.05) is 12.0 Å². The van der Waals surface area contributed by atoms with E-state index in [1.54, 1.807) is 11.8 Å². The molecule has 0 N–H and O–H groups in total. The number of hydrogen-bond donors (Lipinski definition) is 0. The fourth-order valence-electron chi connectivity index (χ4n) is 2.19. The summed E-state index contributed by atoms with van der Waals surface area (Å²) in [6.45, 7) is 5.60. The third-order valence-corrected chi connectivity index (χ3v) is 4.13. The summed E-state index contributed by atoms with van der Waals surface area (Å²) in [5.74, 6) is 0.0183. The van der Waals surface area contributed by atoms with Crippen LogP contribution in [0, 0.1) is 0 Å². The largest absolute Gasteiger partial charge is 0.332 e. The zero-order valence-electron chi connectivity index (χ0n) is 11.6. The SMILES string of the molecule is CC/C=C(\C)C(=O)N(C(C)CS(C)(=O)=O)C1CC1. The minimum Gasteiger partial charge on any atom is -0.332 e. The summed E-state index contributed by atoms with van der Waals surface area (Å²) in [5.41, 5.74) is 0.713. The average Bonchev–Trinajstić information content (AvgIpc) is 2.99. The Morgan fingerprint density at radius 1 is 1.44 bits per heavy atom. The molecule has 0 aromatic rings. The molecule has 1 saturated carbocycles. The fraction of sp³-hybridized carbons (Fsp3) is 0.769. The normalized spacial score (nSPS) is 18.6. The molecule has 0 bridgehead atoms. The van der Waals surface area contributed by atoms with Gasteiger partial charge >= 0.3 is 0 Å². The predicted molar refractivity (Wildman–Crippen MR) is 73.1 cm³/mol. The van der Waals surface area contributed by atoms with Gasteiger partial charge in [0.1, 0.15) is 9.84 Å². The van der Waals surface area contributed by atoms with E-state index in [1.807, 2.05) is 19.9 Å². The first-order valence-corrected chi connectivity index (χ1v) is 8.49. The monoisotopic (exact) mass is 273 g/mol. The Labute approximate surface area is 110 Å². The molecule has 1 aliphatic carbocycles. The zero-order chi connectivity index (χ0) is 13.9. The van der Waals surface area contributed by atoms with E-state index in [9.17, 15) is 13.2 Å². The number of carbonyl (C=O) groups is 1. The molecule has 0 spiro atoms. The van der Waals surface area contributed by atoms with Gasteiger partial charge in [0.05, 0.1) is 5.75 Å². The maximum absolute atomic E-state index is 12.3. The Bertz CT molecular complexity index is 435. The van der Waals surface area contributed by atoms with Crippen LogP contribution in [0.4, 0.5) is 0 Å². The minimum absolute atomic E-state index is 0.0181. The summed E-state index contributed by atoms with van der Waals surface area (Å²) >= 11 is 0. The zero-order valence-corrected chi connectivity index (χ0v) is 12.5. The van der Waals surface area contributed by atoms with Crippen LogP contribution in [0.2, 0.25) is 0 Å². The van der Waals surface area contributed by atoms with Gasteiger partial charge < -0.3 is 4.90 Å². The molecule has 1 atom stereocenters. The van der Waals surface area contributed by atoms with Gasteiger partial charge in [0.25, 0.3) is 0 Å². The molecule has 0 aromatic carbocycles. The number of nitrogens with zero attached hydrogens (tertiary/aromatic N) is 1. The highest BCUT2D eigenvalue weighted by Gasteiger charge is 2.36. The van der Waals surface area contributed by atoms with Crippen LogP contribution in [0.3, 0.4) is 0 Å². The van der Waals surface area contributed by atoms with Crippen LogP contribution in [0.1, 0.15) is 40.0 Å². The summed E-state index contributed by atoms with van der Waals surface area (Å²) < 4.78 is 22.7. The number of amides is 1. The predicted octanol–water partition coefficient (Wildman–Crippen LogP) is 1.77. The molecule has 0 heterocycles. The van der Waals surface area contributed by atoms with Crippen molar-refractivity contribution < 1.29 is 13.2 Å². The van der Waals surface area contributed by atoms with Crippen molar-refractivity contribution in [3.63, 3.8) is 0 Å². The van der Waals surface area contributed by atoms with Gasteiger partial charge in [0, 0.05) is 23.9 Å². The molecule has 4 nitrogen and oxygen atoms in total. The lowest BCUT2D eigenvalue weighted by molar-refractivity contribution is -0.129. The van der Waals surface area contributed by atoms with E-state index in [2.05, 4.69) is 0 Å². The van der Waals surface area contributed by atoms with Crippen LogP contribution in [-0.4, -0.2) is 43.3 Å². The number of sulfone groups is 1. The topological polar surface area (TPSA) is 54.5 Å². The number of rotatable bonds is 6. The van der Waals surface area contributed by atoms with Gasteiger partial charge in [-0.1, -0.05) is 13.0 Å². The second-order valence-electron chi connectivity index (χ2n) is 5.18. The van der Waals surface area contributed by atoms with Crippen molar-refractivity contribution in [1.29, 1.82) is 0 Å². The molecule has 0 aliphatic heterocycles. The van der Waals surface area contributed by atoms with E-state index in [0.717, 1.165) is 19.3 Å². The first-order valence-electron chi connectivity index (χ1n) is 6.43. The number of carbonyl (C=O) groups excluding carboxylic acids is 1. The van der Waals surface area contributed by atoms with Gasteiger partial charge in [-0.05, 0) is 33.1 Å². The lowest BCUT2D eigenvalue weighted by Gasteiger charge is -2.29. The lowest BCUT2D eigenvalue weighted by Crippen LogP contribution is -2.44. The third kappa shape index (κ3) is 4.44. The van der Waals surface area contributed by atoms with Crippen LogP contribution in [0.25, 0.3) is 0 Å². The standard InChI is InChI=1S/C13H23NO3S/c1-5-6-10(2)13(15)14(12-7-8-12)11(3)9-18(4,16)17/h6,11-12H,5,7-9H2,1-4H3/b10-6+. The molecule has 1 amide bonds. The van der Waals surface area contributed by atoms with Crippen LogP contribution in [-0.2, 0) is 14.6 Å². The van der Waals surface area contributed by atoms with Crippen molar-refractivity contribution in [3.05, 3.63) is 11.6 Å². The molecular weight excluding hydrogens is 250 g/mol. The summed E-state index contributed by atoms with van der Waals surface area (Å²) in [6.07, 6.45) is 5.90. The van der Waals surface area contributed by atoms with E-state index >= 15 is 0 Å². The average molecular weight is 273 g/mol. The Hall–Kier alpha value is -0.840. The molecule has 0 radical (unpaired) electrons. The van der Waals surface area contributed by atoms with Crippen LogP contribution in [0.5, 0.6) is 0 Å². The Balaban J connectivity index is 2.83. The van der Waals surface area contributed by atoms with E-state index in [4.69, 9.17) is 0 Å². The highest BCUT2D eigenvalue weighted by Crippen LogP contribution is 2.30. The second kappa shape index (κ2) is 5.87. The van der Waals surface area contributed by atoms with E-state index in [-0.39, 0.29) is 23.7 Å². The van der Waals surface area contributed by atoms with Gasteiger partial charge in [-0.15, -0.1) is 0 Å². The summed E-state index contributed by atoms with van der Waals surface area (Å²) in [4.78, 5) is 14.1. The maximum Gasteiger partial charge on any atom is 0.249 e. The van der Waals surface area contributed by atoms with Crippen molar-refractivity contribution in [2.45, 2.75) is 52.1 Å². The summed E-state index contributed by atoms with van der Waals surface area (Å²) in [5, 5.41) is 0. The van der Waals surface area contributed by atoms with Crippen molar-refractivity contribution >= 4 is 15.7 Å². The molecule has 1 aliphatic rings. The van der Waals surface area contributed by atoms with Crippen LogP contribution < -0.4 is 0 Å². The van der Waals surface area contributed by atoms with Crippen LogP contribution >= 0.6 is 0 Å². The Kier molecular flexibility index (Phi) is 4.96. The highest BCUT2D eigenvalue weighted by atomic mass is 32.2. The molecule has 0 saturated heterocycles. The van der Waals surface area contributed by atoms with Gasteiger partial charge in [-0.25, -0.2) is 8.42 Å². The molecule has 1 rings (SSSR count). The first kappa shape index (κ1) is 15.2. The fourth-order valence-corrected chi connectivity index (χ4v) is 3.23. The van der Waals surface area contributed by atoms with E-state index < -0.39 is 9.84 Å². The highest BCUT2D eigenvalue weighted by molar-refractivity contribution is 7.90. The van der Waals surface area contributed by atoms with Gasteiger partial charge in [-0.3, -0.25) is 4.79 Å². The summed E-state index contributed by atoms with van der Waals surface area (Å²) in [6, 6.07) is -0.0188. The summed E-state index contributed by atoms with van der Waals surface area (Å²) in [7, 11) is -3.06. The first-order chi connectivity index (χ1) is 8.26. The number of allylic oxidation sites excluding steroid dienone is 1. The molecule has 18 heavy (non-hydrogen) atoms. The molecular formula is C13H23NO3S. The Morgan fingerprint density at radius 3 is 2.39 bits per heavy atom. The third-order valence-electron chi connectivity index (χ3n) is 3.04. The second-order valence-corrected chi connectivity index (χ2v) is 7.37. The minimum atomic E-state index is -3.06. The molecule has 1 unspecified atom stereocenters. The van der Waals surface area contributed by atoms with Crippen molar-refractivity contribution in [2.24, 2.45) is 0 Å². The Morgan fingerprint density at radius 2 is 2.00 bits per heavy atom.